The molecule has 0 spiro atoms. The Morgan fingerprint density at radius 2 is 1.75 bits per heavy atom. The van der Waals surface area contributed by atoms with E-state index < -0.39 is 5.54 Å². The Bertz CT molecular complexity index is 315. The van der Waals surface area contributed by atoms with E-state index >= 15 is 0 Å². The van der Waals surface area contributed by atoms with E-state index in [4.69, 9.17) is 5.73 Å². The zero-order chi connectivity index (χ0) is 14.6. The van der Waals surface area contributed by atoms with Crippen LogP contribution in [0.1, 0.15) is 78.1 Å². The van der Waals surface area contributed by atoms with Gasteiger partial charge in [-0.3, -0.25) is 4.79 Å². The van der Waals surface area contributed by atoms with Crippen LogP contribution in [0.5, 0.6) is 0 Å². The molecule has 0 aromatic carbocycles. The molecule has 2 rings (SSSR count). The monoisotopic (exact) mass is 280 g/mol. The molecule has 3 heteroatoms. The molecule has 0 aliphatic heterocycles. The lowest BCUT2D eigenvalue weighted by molar-refractivity contribution is -0.140. The minimum Gasteiger partial charge on any atom is -0.338 e. The van der Waals surface area contributed by atoms with Crippen LogP contribution in [0.3, 0.4) is 0 Å². The number of nitrogens with two attached hydrogens (primary N) is 1. The summed E-state index contributed by atoms with van der Waals surface area (Å²) in [6, 6.07) is 0.462. The van der Waals surface area contributed by atoms with Gasteiger partial charge in [0.1, 0.15) is 0 Å². The second kappa shape index (κ2) is 6.93. The molecule has 2 fully saturated rings. The van der Waals surface area contributed by atoms with Gasteiger partial charge in [-0.15, -0.1) is 0 Å². The normalized spacial score (nSPS) is 23.2. The second-order valence-electron chi connectivity index (χ2n) is 7.34. The van der Waals surface area contributed by atoms with Gasteiger partial charge in [-0.05, 0) is 38.0 Å². The molecule has 2 saturated carbocycles. The highest BCUT2D eigenvalue weighted by Gasteiger charge is 2.40. The van der Waals surface area contributed by atoms with Gasteiger partial charge in [-0.1, -0.05) is 46.0 Å². The Morgan fingerprint density at radius 3 is 2.30 bits per heavy atom. The van der Waals surface area contributed by atoms with Crippen LogP contribution in [0.25, 0.3) is 0 Å². The third kappa shape index (κ3) is 3.75. The van der Waals surface area contributed by atoms with E-state index in [-0.39, 0.29) is 5.91 Å². The molecule has 2 aliphatic rings. The summed E-state index contributed by atoms with van der Waals surface area (Å²) >= 11 is 0. The Labute approximate surface area is 124 Å². The Morgan fingerprint density at radius 1 is 1.15 bits per heavy atom. The van der Waals surface area contributed by atoms with E-state index in [1.54, 1.807) is 0 Å². The molecule has 0 radical (unpaired) electrons. The quantitative estimate of drug-likeness (QED) is 0.838. The average Bonchev–Trinajstić information content (AvgIpc) is 2.93. The van der Waals surface area contributed by atoms with E-state index in [0.29, 0.717) is 12.0 Å². The van der Waals surface area contributed by atoms with Crippen molar-refractivity contribution >= 4 is 5.91 Å². The van der Waals surface area contributed by atoms with Crippen LogP contribution in [0.15, 0.2) is 0 Å². The lowest BCUT2D eigenvalue weighted by Gasteiger charge is -2.40. The first-order chi connectivity index (χ1) is 9.53. The van der Waals surface area contributed by atoms with E-state index in [1.165, 1.54) is 32.1 Å². The molecular formula is C17H32N2O. The molecule has 0 atom stereocenters. The number of carbonyl (C=O) groups is 1. The van der Waals surface area contributed by atoms with Crippen LogP contribution < -0.4 is 5.73 Å². The highest BCUT2D eigenvalue weighted by atomic mass is 16.2. The molecule has 2 N–H and O–H groups in total. The van der Waals surface area contributed by atoms with Crippen LogP contribution in [0.4, 0.5) is 0 Å². The number of nitrogens with zero attached hydrogens (tertiary/aromatic N) is 1. The molecule has 0 bridgehead atoms. The van der Waals surface area contributed by atoms with Gasteiger partial charge >= 0.3 is 0 Å². The zero-order valence-electron chi connectivity index (χ0n) is 13.4. The summed E-state index contributed by atoms with van der Waals surface area (Å²) in [6.45, 7) is 5.37. The lowest BCUT2D eigenvalue weighted by atomic mass is 9.81. The molecule has 2 aliphatic carbocycles. The summed E-state index contributed by atoms with van der Waals surface area (Å²) in [5, 5.41) is 0. The highest BCUT2D eigenvalue weighted by Crippen LogP contribution is 2.31. The molecule has 0 aromatic heterocycles. The van der Waals surface area contributed by atoms with Crippen molar-refractivity contribution in [1.29, 1.82) is 0 Å². The maximum Gasteiger partial charge on any atom is 0.242 e. The van der Waals surface area contributed by atoms with Crippen molar-refractivity contribution in [3.8, 4) is 0 Å². The van der Waals surface area contributed by atoms with E-state index in [2.05, 4.69) is 18.7 Å². The van der Waals surface area contributed by atoms with E-state index in [1.807, 2.05) is 0 Å². The fourth-order valence-electron chi connectivity index (χ4n) is 3.75. The minimum absolute atomic E-state index is 0.254. The van der Waals surface area contributed by atoms with Crippen molar-refractivity contribution < 1.29 is 4.79 Å². The smallest absolute Gasteiger partial charge is 0.242 e. The summed E-state index contributed by atoms with van der Waals surface area (Å²) in [7, 11) is 0. The molecule has 0 aromatic rings. The SMILES string of the molecule is CC(C)CCN(C(=O)C1(N)CCCCC1)C1CCCC1. The molecule has 116 valence electrons. The summed E-state index contributed by atoms with van der Waals surface area (Å²) in [4.78, 5) is 15.2. The van der Waals surface area contributed by atoms with Crippen molar-refractivity contribution in [3.05, 3.63) is 0 Å². The molecule has 0 unspecified atom stereocenters. The van der Waals surface area contributed by atoms with E-state index in [9.17, 15) is 4.79 Å². The van der Waals surface area contributed by atoms with Gasteiger partial charge in [0, 0.05) is 12.6 Å². The van der Waals surface area contributed by atoms with Gasteiger partial charge in [-0.25, -0.2) is 0 Å². The third-order valence-corrected chi connectivity index (χ3v) is 5.15. The summed E-state index contributed by atoms with van der Waals surface area (Å²) in [5.41, 5.74) is 5.93. The highest BCUT2D eigenvalue weighted by molar-refractivity contribution is 5.86. The fraction of sp³-hybridized carbons (Fsp3) is 0.941. The predicted octanol–water partition coefficient (Wildman–Crippen LogP) is 3.47. The topological polar surface area (TPSA) is 46.3 Å². The Balaban J connectivity index is 2.05. The molecule has 0 saturated heterocycles. The maximum atomic E-state index is 13.0. The standard InChI is InChI=1S/C17H32N2O/c1-14(2)10-13-19(15-8-4-5-9-15)16(20)17(18)11-6-3-7-12-17/h14-15H,3-13,18H2,1-2H3. The molecular weight excluding hydrogens is 248 g/mol. The molecule has 1 amide bonds. The number of carbonyl (C=O) groups excluding carboxylic acids is 1. The van der Waals surface area contributed by atoms with Gasteiger partial charge in [0.25, 0.3) is 0 Å². The van der Waals surface area contributed by atoms with Crippen molar-refractivity contribution in [2.75, 3.05) is 6.54 Å². The van der Waals surface area contributed by atoms with Gasteiger partial charge in [0.05, 0.1) is 5.54 Å². The summed E-state index contributed by atoms with van der Waals surface area (Å²) in [6.07, 6.45) is 11.2. The number of hydrogen-bond acceptors (Lipinski definition) is 2. The van der Waals surface area contributed by atoms with Crippen molar-refractivity contribution in [2.45, 2.75) is 89.6 Å². The minimum atomic E-state index is -0.558. The fourth-order valence-corrected chi connectivity index (χ4v) is 3.75. The van der Waals surface area contributed by atoms with E-state index in [0.717, 1.165) is 38.6 Å². The van der Waals surface area contributed by atoms with Crippen molar-refractivity contribution in [3.63, 3.8) is 0 Å². The first-order valence-corrected chi connectivity index (χ1v) is 8.63. The van der Waals surface area contributed by atoms with Crippen LogP contribution >= 0.6 is 0 Å². The Hall–Kier alpha value is -0.570. The zero-order valence-corrected chi connectivity index (χ0v) is 13.4. The summed E-state index contributed by atoms with van der Waals surface area (Å²) < 4.78 is 0. The van der Waals surface area contributed by atoms with Gasteiger partial charge in [0.15, 0.2) is 0 Å². The molecule has 3 nitrogen and oxygen atoms in total. The average molecular weight is 280 g/mol. The second-order valence-corrected chi connectivity index (χ2v) is 7.34. The third-order valence-electron chi connectivity index (χ3n) is 5.15. The summed E-state index contributed by atoms with van der Waals surface area (Å²) in [5.74, 6) is 0.900. The van der Waals surface area contributed by atoms with Gasteiger partial charge in [-0.2, -0.15) is 0 Å². The largest absolute Gasteiger partial charge is 0.338 e. The Kier molecular flexibility index (Phi) is 5.48. The maximum absolute atomic E-state index is 13.0. The first kappa shape index (κ1) is 15.8. The van der Waals surface area contributed by atoms with Gasteiger partial charge in [0.2, 0.25) is 5.91 Å². The predicted molar refractivity (Wildman–Crippen MR) is 83.4 cm³/mol. The van der Waals surface area contributed by atoms with Crippen LogP contribution in [-0.2, 0) is 4.79 Å². The van der Waals surface area contributed by atoms with Crippen LogP contribution in [-0.4, -0.2) is 28.9 Å². The lowest BCUT2D eigenvalue weighted by Crippen LogP contribution is -2.58. The molecule has 20 heavy (non-hydrogen) atoms. The number of rotatable bonds is 5. The first-order valence-electron chi connectivity index (χ1n) is 8.63. The number of hydrogen-bond donors (Lipinski definition) is 1. The van der Waals surface area contributed by atoms with Crippen LogP contribution in [0.2, 0.25) is 0 Å². The van der Waals surface area contributed by atoms with Crippen molar-refractivity contribution in [2.24, 2.45) is 11.7 Å². The number of amides is 1. The molecule has 0 heterocycles. The van der Waals surface area contributed by atoms with Gasteiger partial charge < -0.3 is 10.6 Å². The van der Waals surface area contributed by atoms with Crippen molar-refractivity contribution in [1.82, 2.24) is 4.90 Å². The van der Waals surface area contributed by atoms with Crippen LogP contribution in [0, 0.1) is 5.92 Å².